The van der Waals surface area contributed by atoms with Crippen LogP contribution in [0.15, 0.2) is 78.3 Å². The fourth-order valence-electron chi connectivity index (χ4n) is 3.86. The molecule has 1 aliphatic heterocycles. The first kappa shape index (κ1) is 22.0. The highest BCUT2D eigenvalue weighted by molar-refractivity contribution is 7.89. The molecule has 0 aliphatic carbocycles. The van der Waals surface area contributed by atoms with E-state index in [0.717, 1.165) is 35.7 Å². The van der Waals surface area contributed by atoms with Gasteiger partial charge in [-0.25, -0.2) is 13.4 Å². The van der Waals surface area contributed by atoms with E-state index in [1.54, 1.807) is 30.5 Å². The zero-order valence-corrected chi connectivity index (χ0v) is 18.5. The molecule has 0 spiro atoms. The van der Waals surface area contributed by atoms with Crippen molar-refractivity contribution in [1.82, 2.24) is 14.6 Å². The number of fused-ring (bicyclic) bond motifs is 1. The van der Waals surface area contributed by atoms with E-state index >= 15 is 0 Å². The molecule has 1 saturated heterocycles. The van der Waals surface area contributed by atoms with Gasteiger partial charge in [-0.3, -0.25) is 4.79 Å². The van der Waals surface area contributed by atoms with Crippen molar-refractivity contribution in [1.29, 1.82) is 0 Å². The molecule has 166 valence electrons. The zero-order valence-electron chi connectivity index (χ0n) is 17.7. The highest BCUT2D eigenvalue weighted by Crippen LogP contribution is 2.24. The third-order valence-electron chi connectivity index (χ3n) is 5.56. The molecule has 0 radical (unpaired) electrons. The summed E-state index contributed by atoms with van der Waals surface area (Å²) in [5, 5.41) is 8.18. The Morgan fingerprint density at radius 1 is 1.09 bits per heavy atom. The van der Waals surface area contributed by atoms with Gasteiger partial charge < -0.3 is 10.6 Å². The molecule has 32 heavy (non-hydrogen) atoms. The second-order valence-corrected chi connectivity index (χ2v) is 9.77. The van der Waals surface area contributed by atoms with Gasteiger partial charge in [-0.05, 0) is 54.6 Å². The summed E-state index contributed by atoms with van der Waals surface area (Å²) >= 11 is 0. The van der Waals surface area contributed by atoms with E-state index in [1.807, 2.05) is 30.3 Å². The molecule has 2 heterocycles. The lowest BCUT2D eigenvalue weighted by molar-refractivity contribution is -0.117. The standard InChI is InChI=1S/C24H26N4O3S/c1-2-24(29)27-21-9-5-6-14-28(17-21)32(30,31)22-12-10-20(11-13-22)26-23-15-18-7-3-4-8-19(18)16-25-23/h2-4,7-8,10-13,15-16,21H,1,5-6,9,14,17H2,(H,25,26)(H,27,29). The summed E-state index contributed by atoms with van der Waals surface area (Å²) < 4.78 is 27.9. The molecule has 1 aromatic heterocycles. The van der Waals surface area contributed by atoms with E-state index in [2.05, 4.69) is 22.2 Å². The van der Waals surface area contributed by atoms with E-state index in [0.29, 0.717) is 12.4 Å². The molecular formula is C24H26N4O3S. The van der Waals surface area contributed by atoms with Crippen LogP contribution in [0.3, 0.4) is 0 Å². The molecule has 0 saturated carbocycles. The molecule has 1 aliphatic rings. The highest BCUT2D eigenvalue weighted by Gasteiger charge is 2.29. The molecule has 1 fully saturated rings. The van der Waals surface area contributed by atoms with Crippen LogP contribution in [0, 0.1) is 0 Å². The predicted octanol–water partition coefficient (Wildman–Crippen LogP) is 3.82. The number of hydrogen-bond acceptors (Lipinski definition) is 5. The van der Waals surface area contributed by atoms with Gasteiger partial charge in [0.25, 0.3) is 0 Å². The maximum Gasteiger partial charge on any atom is 0.243 e. The lowest BCUT2D eigenvalue weighted by Gasteiger charge is -2.24. The SMILES string of the molecule is C=CC(=O)NC1CCCCN(S(=O)(=O)c2ccc(Nc3cc4ccccc4cn3)cc2)C1. The summed E-state index contributed by atoms with van der Waals surface area (Å²) in [5.41, 5.74) is 0.749. The fraction of sp³-hybridized carbons (Fsp3) is 0.250. The van der Waals surface area contributed by atoms with Crippen molar-refractivity contribution in [3.8, 4) is 0 Å². The van der Waals surface area contributed by atoms with Crippen LogP contribution in [0.5, 0.6) is 0 Å². The number of anilines is 2. The van der Waals surface area contributed by atoms with Crippen LogP contribution in [0.25, 0.3) is 10.8 Å². The Morgan fingerprint density at radius 3 is 2.59 bits per heavy atom. The minimum absolute atomic E-state index is 0.224. The maximum absolute atomic E-state index is 13.2. The fourth-order valence-corrected chi connectivity index (χ4v) is 5.39. The van der Waals surface area contributed by atoms with Crippen LogP contribution in [0.2, 0.25) is 0 Å². The number of benzene rings is 2. The minimum Gasteiger partial charge on any atom is -0.349 e. The van der Waals surface area contributed by atoms with Crippen molar-refractivity contribution in [2.45, 2.75) is 30.2 Å². The van der Waals surface area contributed by atoms with Gasteiger partial charge in [0, 0.05) is 36.4 Å². The topological polar surface area (TPSA) is 91.4 Å². The first-order valence-electron chi connectivity index (χ1n) is 10.6. The van der Waals surface area contributed by atoms with E-state index in [9.17, 15) is 13.2 Å². The van der Waals surface area contributed by atoms with Gasteiger partial charge in [0.15, 0.2) is 0 Å². The van der Waals surface area contributed by atoms with E-state index in [-0.39, 0.29) is 23.4 Å². The Bertz CT molecular complexity index is 1230. The van der Waals surface area contributed by atoms with Crippen molar-refractivity contribution >= 4 is 38.2 Å². The van der Waals surface area contributed by atoms with Crippen LogP contribution in [0.1, 0.15) is 19.3 Å². The Hall–Kier alpha value is -3.23. The van der Waals surface area contributed by atoms with E-state index < -0.39 is 10.0 Å². The molecule has 4 rings (SSSR count). The number of hydrogen-bond donors (Lipinski definition) is 2. The monoisotopic (exact) mass is 450 g/mol. The average molecular weight is 451 g/mol. The lowest BCUT2D eigenvalue weighted by Crippen LogP contribution is -2.44. The molecular weight excluding hydrogens is 424 g/mol. The Kier molecular flexibility index (Phi) is 6.53. The van der Waals surface area contributed by atoms with Gasteiger partial charge >= 0.3 is 0 Å². The Balaban J connectivity index is 1.49. The van der Waals surface area contributed by atoms with Crippen LogP contribution < -0.4 is 10.6 Å². The number of amides is 1. The molecule has 7 nitrogen and oxygen atoms in total. The Labute approximate surface area is 188 Å². The number of rotatable bonds is 6. The van der Waals surface area contributed by atoms with Crippen LogP contribution in [-0.2, 0) is 14.8 Å². The third kappa shape index (κ3) is 4.98. The average Bonchev–Trinajstić information content (AvgIpc) is 3.05. The second-order valence-electron chi connectivity index (χ2n) is 7.83. The van der Waals surface area contributed by atoms with Crippen LogP contribution in [-0.4, -0.2) is 42.7 Å². The summed E-state index contributed by atoms with van der Waals surface area (Å²) in [6.45, 7) is 4.15. The summed E-state index contributed by atoms with van der Waals surface area (Å²) in [4.78, 5) is 16.3. The van der Waals surface area contributed by atoms with Crippen LogP contribution in [0.4, 0.5) is 11.5 Å². The summed E-state index contributed by atoms with van der Waals surface area (Å²) in [7, 11) is -3.67. The Morgan fingerprint density at radius 2 is 1.84 bits per heavy atom. The van der Waals surface area contributed by atoms with Crippen molar-refractivity contribution in [2.24, 2.45) is 0 Å². The number of pyridine rings is 1. The molecule has 2 N–H and O–H groups in total. The predicted molar refractivity (Wildman–Crippen MR) is 126 cm³/mol. The van der Waals surface area contributed by atoms with Crippen molar-refractivity contribution in [3.63, 3.8) is 0 Å². The van der Waals surface area contributed by atoms with E-state index in [1.165, 1.54) is 10.4 Å². The number of nitrogens with one attached hydrogen (secondary N) is 2. The molecule has 2 aromatic carbocycles. The number of aromatic nitrogens is 1. The third-order valence-corrected chi connectivity index (χ3v) is 7.44. The van der Waals surface area contributed by atoms with Gasteiger partial charge in [-0.1, -0.05) is 37.3 Å². The number of carbonyl (C=O) groups is 1. The number of sulfonamides is 1. The molecule has 1 atom stereocenters. The highest BCUT2D eigenvalue weighted by atomic mass is 32.2. The lowest BCUT2D eigenvalue weighted by atomic mass is 10.1. The minimum atomic E-state index is -3.67. The van der Waals surface area contributed by atoms with Gasteiger partial charge in [0.05, 0.1) is 4.90 Å². The summed E-state index contributed by atoms with van der Waals surface area (Å²) in [5.74, 6) is 0.402. The second kappa shape index (κ2) is 9.50. The normalized spacial score (nSPS) is 17.4. The quantitative estimate of drug-likeness (QED) is 0.557. The molecule has 1 amide bonds. The van der Waals surface area contributed by atoms with Gasteiger partial charge in [-0.15, -0.1) is 0 Å². The van der Waals surface area contributed by atoms with Crippen LogP contribution >= 0.6 is 0 Å². The molecule has 8 heteroatoms. The van der Waals surface area contributed by atoms with Crippen molar-refractivity contribution in [3.05, 3.63) is 73.4 Å². The molecule has 1 unspecified atom stereocenters. The molecule has 3 aromatic rings. The first-order valence-corrected chi connectivity index (χ1v) is 12.0. The summed E-state index contributed by atoms with van der Waals surface area (Å²) in [6.07, 6.45) is 5.37. The van der Waals surface area contributed by atoms with E-state index in [4.69, 9.17) is 0 Å². The zero-order chi connectivity index (χ0) is 22.6. The van der Waals surface area contributed by atoms with Gasteiger partial charge in [-0.2, -0.15) is 4.31 Å². The first-order chi connectivity index (χ1) is 15.5. The summed E-state index contributed by atoms with van der Waals surface area (Å²) in [6, 6.07) is 16.4. The molecule has 0 bridgehead atoms. The largest absolute Gasteiger partial charge is 0.349 e. The maximum atomic E-state index is 13.2. The number of nitrogens with zero attached hydrogens (tertiary/aromatic N) is 2. The van der Waals surface area contributed by atoms with Gasteiger partial charge in [0.2, 0.25) is 15.9 Å². The smallest absolute Gasteiger partial charge is 0.243 e. The van der Waals surface area contributed by atoms with Gasteiger partial charge in [0.1, 0.15) is 5.82 Å². The number of carbonyl (C=O) groups excluding carboxylic acids is 1. The van der Waals surface area contributed by atoms with Crippen molar-refractivity contribution in [2.75, 3.05) is 18.4 Å². The van der Waals surface area contributed by atoms with Crippen molar-refractivity contribution < 1.29 is 13.2 Å².